The van der Waals surface area contributed by atoms with Crippen molar-refractivity contribution in [2.75, 3.05) is 0 Å². The van der Waals surface area contributed by atoms with Gasteiger partial charge in [0.2, 0.25) is 0 Å². The van der Waals surface area contributed by atoms with E-state index in [2.05, 4.69) is 149 Å². The van der Waals surface area contributed by atoms with Crippen molar-refractivity contribution in [3.63, 3.8) is 0 Å². The van der Waals surface area contributed by atoms with Crippen molar-refractivity contribution in [1.82, 2.24) is 19.1 Å². The van der Waals surface area contributed by atoms with Crippen LogP contribution >= 0.6 is 11.8 Å². The maximum Gasteiger partial charge on any atom is 0.131 e. The predicted octanol–water partition coefficient (Wildman–Crippen LogP) is 12.1. The number of rotatable bonds is 4. The van der Waals surface area contributed by atoms with E-state index in [4.69, 9.17) is 9.97 Å². The van der Waals surface area contributed by atoms with Crippen molar-refractivity contribution < 1.29 is 0 Å². The van der Waals surface area contributed by atoms with Gasteiger partial charge >= 0.3 is 0 Å². The second kappa shape index (κ2) is 11.0. The van der Waals surface area contributed by atoms with Crippen molar-refractivity contribution in [3.8, 4) is 45.0 Å². The Hall–Kier alpha value is -6.43. The van der Waals surface area contributed by atoms with Gasteiger partial charge < -0.3 is 0 Å². The van der Waals surface area contributed by atoms with Crippen LogP contribution in [-0.2, 0) is 0 Å². The molecular formula is C46H28N4S. The summed E-state index contributed by atoms with van der Waals surface area (Å²) in [5.74, 6) is 0. The van der Waals surface area contributed by atoms with Crippen molar-refractivity contribution >= 4 is 55.6 Å². The predicted molar refractivity (Wildman–Crippen MR) is 211 cm³/mol. The van der Waals surface area contributed by atoms with E-state index in [1.807, 2.05) is 42.1 Å². The molecule has 0 unspecified atom stereocenters. The van der Waals surface area contributed by atoms with E-state index in [-0.39, 0.29) is 0 Å². The van der Waals surface area contributed by atoms with E-state index in [9.17, 15) is 0 Å². The summed E-state index contributed by atoms with van der Waals surface area (Å²) in [5.41, 5.74) is 13.9. The second-order valence-electron chi connectivity index (χ2n) is 13.0. The van der Waals surface area contributed by atoms with Gasteiger partial charge in [-0.15, -0.1) is 0 Å². The van der Waals surface area contributed by atoms with Crippen molar-refractivity contribution in [3.05, 3.63) is 170 Å². The van der Waals surface area contributed by atoms with Crippen LogP contribution in [0.3, 0.4) is 0 Å². The van der Waals surface area contributed by atoms with Crippen LogP contribution in [0.15, 0.2) is 180 Å². The molecule has 0 aliphatic carbocycles. The van der Waals surface area contributed by atoms with Crippen LogP contribution < -0.4 is 0 Å². The first-order valence-electron chi connectivity index (χ1n) is 17.2. The molecule has 0 N–H and O–H groups in total. The summed E-state index contributed by atoms with van der Waals surface area (Å²) in [7, 11) is 0. The molecule has 10 aromatic rings. The van der Waals surface area contributed by atoms with Crippen molar-refractivity contribution in [2.45, 2.75) is 9.79 Å². The molecule has 0 fully saturated rings. The number of hydrogen-bond acceptors (Lipinski definition) is 3. The third kappa shape index (κ3) is 4.28. The van der Waals surface area contributed by atoms with E-state index in [1.54, 1.807) is 0 Å². The molecule has 7 aromatic carbocycles. The van der Waals surface area contributed by atoms with Gasteiger partial charge in [-0.3, -0.25) is 9.13 Å². The van der Waals surface area contributed by atoms with Gasteiger partial charge in [-0.2, -0.15) is 0 Å². The van der Waals surface area contributed by atoms with Crippen LogP contribution in [0.25, 0.3) is 88.9 Å². The largest absolute Gasteiger partial charge is 0.295 e. The molecule has 0 spiro atoms. The highest BCUT2D eigenvalue weighted by atomic mass is 32.2. The van der Waals surface area contributed by atoms with E-state index in [0.29, 0.717) is 0 Å². The zero-order valence-electron chi connectivity index (χ0n) is 27.4. The number of aromatic nitrogens is 4. The van der Waals surface area contributed by atoms with Gasteiger partial charge in [-0.25, -0.2) is 9.97 Å². The highest BCUT2D eigenvalue weighted by Crippen LogP contribution is 2.49. The number of hydrogen-bond donors (Lipinski definition) is 0. The molecule has 0 atom stereocenters. The Morgan fingerprint density at radius 3 is 1.88 bits per heavy atom. The average molecular weight is 669 g/mol. The van der Waals surface area contributed by atoms with Gasteiger partial charge in [-0.1, -0.05) is 127 Å². The number of para-hydroxylation sites is 5. The summed E-state index contributed by atoms with van der Waals surface area (Å²) in [6.45, 7) is 0. The van der Waals surface area contributed by atoms with Gasteiger partial charge in [0.1, 0.15) is 5.65 Å². The minimum atomic E-state index is 0.878. The van der Waals surface area contributed by atoms with Crippen molar-refractivity contribution in [2.24, 2.45) is 0 Å². The number of fused-ring (bicyclic) bond motifs is 8. The van der Waals surface area contributed by atoms with E-state index in [0.717, 1.165) is 50.4 Å². The van der Waals surface area contributed by atoms with Crippen LogP contribution in [0.1, 0.15) is 0 Å². The van der Waals surface area contributed by atoms with Crippen LogP contribution in [0.2, 0.25) is 0 Å². The van der Waals surface area contributed by atoms with E-state index in [1.165, 1.54) is 48.3 Å². The molecule has 3 aromatic heterocycles. The summed E-state index contributed by atoms with van der Waals surface area (Å²) in [6.07, 6.45) is 0. The average Bonchev–Trinajstić information content (AvgIpc) is 3.72. The summed E-state index contributed by atoms with van der Waals surface area (Å²) < 4.78 is 4.94. The molecule has 0 saturated carbocycles. The minimum absolute atomic E-state index is 0.878. The summed E-state index contributed by atoms with van der Waals surface area (Å²) >= 11 is 1.86. The summed E-state index contributed by atoms with van der Waals surface area (Å²) in [5, 5.41) is 3.80. The van der Waals surface area contributed by atoms with Crippen LogP contribution in [0.4, 0.5) is 0 Å². The van der Waals surface area contributed by atoms with Gasteiger partial charge in [0.15, 0.2) is 0 Å². The molecule has 51 heavy (non-hydrogen) atoms. The fraction of sp³-hybridized carbons (Fsp3) is 0. The molecule has 4 heterocycles. The summed E-state index contributed by atoms with van der Waals surface area (Å²) in [6, 6.07) is 60.4. The first-order chi connectivity index (χ1) is 25.3. The molecule has 11 rings (SSSR count). The molecule has 5 heteroatoms. The highest BCUT2D eigenvalue weighted by molar-refractivity contribution is 7.99. The second-order valence-corrected chi connectivity index (χ2v) is 14.1. The highest BCUT2D eigenvalue weighted by Gasteiger charge is 2.28. The lowest BCUT2D eigenvalue weighted by Crippen LogP contribution is -2.05. The molecule has 0 bridgehead atoms. The fourth-order valence-electron chi connectivity index (χ4n) is 7.84. The molecule has 1 aliphatic rings. The number of benzene rings is 7. The monoisotopic (exact) mass is 668 g/mol. The number of nitrogens with zero attached hydrogens (tertiary/aromatic N) is 4. The normalized spacial score (nSPS) is 12.2. The SMILES string of the molecule is c1ccc(-c2nc3ccccc3nc2-c2cccc(-c3ccc4c5c6cccc7c6n(c5n(-c5ccccc5)c4c3)-c3ccccc3S7)c2)cc1. The van der Waals surface area contributed by atoms with E-state index < -0.39 is 0 Å². The molecular weight excluding hydrogens is 641 g/mol. The molecule has 0 saturated heterocycles. The Morgan fingerprint density at radius 2 is 1.06 bits per heavy atom. The maximum absolute atomic E-state index is 5.19. The fourth-order valence-corrected chi connectivity index (χ4v) is 8.93. The first kappa shape index (κ1) is 28.4. The standard InChI is InChI=1S/C46H28N4S/c1-3-13-29(14-4-1)43-44(48-37-21-8-7-20-36(37)47-43)32-16-11-15-30(27-32)31-25-26-34-39(28-31)49(33-17-5-2-6-18-33)46-42(34)35-19-12-24-41-45(35)50(46)38-22-9-10-23-40(38)51-41/h1-28H. The lowest BCUT2D eigenvalue weighted by Gasteiger charge is -2.21. The van der Waals surface area contributed by atoms with Crippen LogP contribution in [-0.4, -0.2) is 19.1 Å². The van der Waals surface area contributed by atoms with Crippen molar-refractivity contribution in [1.29, 1.82) is 0 Å². The Morgan fingerprint density at radius 1 is 0.431 bits per heavy atom. The maximum atomic E-state index is 5.19. The van der Waals surface area contributed by atoms with E-state index >= 15 is 0 Å². The zero-order valence-corrected chi connectivity index (χ0v) is 28.2. The smallest absolute Gasteiger partial charge is 0.131 e. The molecule has 4 nitrogen and oxygen atoms in total. The van der Waals surface area contributed by atoms with Crippen LogP contribution in [0.5, 0.6) is 0 Å². The molecule has 0 amide bonds. The lowest BCUT2D eigenvalue weighted by molar-refractivity contribution is 1.03. The van der Waals surface area contributed by atoms with Gasteiger partial charge in [0.25, 0.3) is 0 Å². The first-order valence-corrected chi connectivity index (χ1v) is 18.0. The third-order valence-electron chi connectivity index (χ3n) is 10.1. The molecule has 1 aliphatic heterocycles. The lowest BCUT2D eigenvalue weighted by atomic mass is 9.98. The van der Waals surface area contributed by atoms with Gasteiger partial charge in [0.05, 0.1) is 39.1 Å². The molecule has 238 valence electrons. The Kier molecular flexibility index (Phi) is 6.15. The van der Waals surface area contributed by atoms with Gasteiger partial charge in [0, 0.05) is 42.8 Å². The topological polar surface area (TPSA) is 35.6 Å². The molecule has 0 radical (unpaired) electrons. The summed E-state index contributed by atoms with van der Waals surface area (Å²) in [4.78, 5) is 12.9. The Labute approximate surface area is 298 Å². The minimum Gasteiger partial charge on any atom is -0.295 e. The van der Waals surface area contributed by atoms with Gasteiger partial charge in [-0.05, 0) is 65.7 Å². The van der Waals surface area contributed by atoms with Crippen LogP contribution in [0, 0.1) is 0 Å². The Bertz CT molecular complexity index is 2990. The Balaban J connectivity index is 1.16. The quantitative estimate of drug-likeness (QED) is 0.187. The zero-order chi connectivity index (χ0) is 33.5. The third-order valence-corrected chi connectivity index (χ3v) is 11.2.